The second-order valence-electron chi connectivity index (χ2n) is 16.8. The Bertz CT molecular complexity index is 3230. The van der Waals surface area contributed by atoms with Crippen LogP contribution in [-0.4, -0.2) is 0 Å². The molecular formula is C58H41N. The van der Waals surface area contributed by atoms with Crippen molar-refractivity contribution in [3.63, 3.8) is 0 Å². The molecule has 278 valence electrons. The predicted molar refractivity (Wildman–Crippen MR) is 249 cm³/mol. The van der Waals surface area contributed by atoms with Crippen LogP contribution in [0.2, 0.25) is 0 Å². The smallest absolute Gasteiger partial charge is 0.0713 e. The molecule has 10 aromatic rings. The van der Waals surface area contributed by atoms with Crippen LogP contribution in [0.25, 0.3) is 54.6 Å². The molecule has 2 aliphatic carbocycles. The molecule has 1 heteroatoms. The molecule has 0 amide bonds. The van der Waals surface area contributed by atoms with E-state index in [2.05, 4.69) is 231 Å². The first-order valence-electron chi connectivity index (χ1n) is 20.8. The Hall–Kier alpha value is -7.22. The minimum Gasteiger partial charge on any atom is -0.310 e. The van der Waals surface area contributed by atoms with Crippen LogP contribution in [0.1, 0.15) is 47.2 Å². The van der Waals surface area contributed by atoms with Crippen LogP contribution >= 0.6 is 0 Å². The highest BCUT2D eigenvalue weighted by atomic mass is 15.1. The fraction of sp³-hybridized carbons (Fsp3) is 0.0690. The summed E-state index contributed by atoms with van der Waals surface area (Å²) >= 11 is 0. The Labute approximate surface area is 345 Å². The van der Waals surface area contributed by atoms with Crippen molar-refractivity contribution in [3.05, 3.63) is 246 Å². The first-order valence-corrected chi connectivity index (χ1v) is 20.8. The minimum atomic E-state index is -0.454. The topological polar surface area (TPSA) is 3.24 Å². The molecule has 0 bridgehead atoms. The largest absolute Gasteiger partial charge is 0.310 e. The summed E-state index contributed by atoms with van der Waals surface area (Å²) in [6.07, 6.45) is 0. The van der Waals surface area contributed by atoms with Gasteiger partial charge in [-0.2, -0.15) is 0 Å². The molecule has 0 aliphatic heterocycles. The summed E-state index contributed by atoms with van der Waals surface area (Å²) < 4.78 is 0. The summed E-state index contributed by atoms with van der Waals surface area (Å²) in [5, 5.41) is 7.65. The van der Waals surface area contributed by atoms with Gasteiger partial charge in [0.05, 0.1) is 5.41 Å². The van der Waals surface area contributed by atoms with Crippen molar-refractivity contribution in [2.75, 3.05) is 4.90 Å². The second kappa shape index (κ2) is 12.6. The zero-order valence-electron chi connectivity index (χ0n) is 33.2. The van der Waals surface area contributed by atoms with E-state index < -0.39 is 5.41 Å². The molecule has 0 aromatic heterocycles. The maximum absolute atomic E-state index is 2.50. The van der Waals surface area contributed by atoms with E-state index >= 15 is 0 Å². The minimum absolute atomic E-state index is 0.131. The van der Waals surface area contributed by atoms with Gasteiger partial charge in [-0.3, -0.25) is 0 Å². The molecule has 0 saturated heterocycles. The molecule has 0 unspecified atom stereocenters. The third kappa shape index (κ3) is 4.73. The van der Waals surface area contributed by atoms with Crippen LogP contribution in [0, 0.1) is 0 Å². The molecule has 0 spiro atoms. The van der Waals surface area contributed by atoms with Gasteiger partial charge >= 0.3 is 0 Å². The van der Waals surface area contributed by atoms with Gasteiger partial charge < -0.3 is 4.90 Å². The van der Waals surface area contributed by atoms with Crippen LogP contribution in [-0.2, 0) is 10.8 Å². The summed E-state index contributed by atoms with van der Waals surface area (Å²) in [6.45, 7) is 4.75. The monoisotopic (exact) mass is 751 g/mol. The first-order chi connectivity index (χ1) is 29.0. The molecule has 0 radical (unpaired) electrons. The molecule has 10 aromatic carbocycles. The molecule has 59 heavy (non-hydrogen) atoms. The third-order valence-corrected chi connectivity index (χ3v) is 13.5. The summed E-state index contributed by atoms with van der Waals surface area (Å²) in [5.74, 6) is 0. The van der Waals surface area contributed by atoms with Crippen LogP contribution in [0.15, 0.2) is 212 Å². The number of hydrogen-bond acceptors (Lipinski definition) is 1. The Morgan fingerprint density at radius 3 is 1.36 bits per heavy atom. The normalized spacial score (nSPS) is 14.2. The van der Waals surface area contributed by atoms with Gasteiger partial charge in [0.2, 0.25) is 0 Å². The van der Waals surface area contributed by atoms with Crippen molar-refractivity contribution in [1.82, 2.24) is 0 Å². The lowest BCUT2D eigenvalue weighted by Gasteiger charge is -2.34. The Morgan fingerprint density at radius 2 is 0.712 bits per heavy atom. The maximum Gasteiger partial charge on any atom is 0.0713 e. The Morgan fingerprint density at radius 1 is 0.288 bits per heavy atom. The quantitative estimate of drug-likeness (QED) is 0.158. The summed E-state index contributed by atoms with van der Waals surface area (Å²) in [6, 6.07) is 79.3. The second-order valence-corrected chi connectivity index (χ2v) is 16.8. The van der Waals surface area contributed by atoms with Crippen LogP contribution in [0.4, 0.5) is 17.1 Å². The number of anilines is 3. The highest BCUT2D eigenvalue weighted by molar-refractivity contribution is 6.25. The van der Waals surface area contributed by atoms with E-state index in [1.54, 1.807) is 0 Å². The van der Waals surface area contributed by atoms with E-state index in [1.807, 2.05) is 0 Å². The van der Waals surface area contributed by atoms with Crippen molar-refractivity contribution >= 4 is 49.4 Å². The zero-order valence-corrected chi connectivity index (χ0v) is 33.2. The maximum atomic E-state index is 2.50. The Balaban J connectivity index is 1.13. The van der Waals surface area contributed by atoms with Crippen molar-refractivity contribution in [3.8, 4) is 22.3 Å². The number of rotatable bonds is 5. The lowest BCUT2D eigenvalue weighted by Crippen LogP contribution is -2.28. The SMILES string of the molecule is CC1(C)c2ccccc2-c2ccc(N(c3ccc4c(c3)-c3ccccc3C4(c3ccccc3)c3ccccc3)c3ccc4c5ccccc5c5ccccc5c4c3)cc21. The molecule has 1 nitrogen and oxygen atoms in total. The zero-order chi connectivity index (χ0) is 39.3. The summed E-state index contributed by atoms with van der Waals surface area (Å²) in [4.78, 5) is 2.50. The van der Waals surface area contributed by atoms with Gasteiger partial charge in [0.1, 0.15) is 0 Å². The third-order valence-electron chi connectivity index (χ3n) is 13.5. The van der Waals surface area contributed by atoms with Crippen LogP contribution in [0.3, 0.4) is 0 Å². The van der Waals surface area contributed by atoms with Crippen molar-refractivity contribution in [1.29, 1.82) is 0 Å². The van der Waals surface area contributed by atoms with Gasteiger partial charge in [0, 0.05) is 22.5 Å². The fourth-order valence-electron chi connectivity index (χ4n) is 10.9. The molecule has 0 heterocycles. The molecule has 0 fully saturated rings. The number of nitrogens with zero attached hydrogens (tertiary/aromatic N) is 1. The van der Waals surface area contributed by atoms with Gasteiger partial charge in [-0.05, 0) is 124 Å². The summed E-state index contributed by atoms with van der Waals surface area (Å²) in [5.41, 5.74) is 15.9. The lowest BCUT2D eigenvalue weighted by molar-refractivity contribution is 0.660. The lowest BCUT2D eigenvalue weighted by atomic mass is 9.68. The molecular weight excluding hydrogens is 711 g/mol. The number of hydrogen-bond donors (Lipinski definition) is 0. The average Bonchev–Trinajstić information content (AvgIpc) is 3.72. The first kappa shape index (κ1) is 33.9. The molecule has 2 aliphatic rings. The van der Waals surface area contributed by atoms with Crippen molar-refractivity contribution in [2.24, 2.45) is 0 Å². The fourth-order valence-corrected chi connectivity index (χ4v) is 10.9. The predicted octanol–water partition coefficient (Wildman–Crippen LogP) is 15.3. The highest BCUT2D eigenvalue weighted by Gasteiger charge is 2.46. The molecule has 0 atom stereocenters. The Kier molecular flexibility index (Phi) is 7.26. The van der Waals surface area contributed by atoms with Gasteiger partial charge in [-0.25, -0.2) is 0 Å². The number of fused-ring (bicyclic) bond motifs is 12. The average molecular weight is 752 g/mol. The summed E-state index contributed by atoms with van der Waals surface area (Å²) in [7, 11) is 0. The van der Waals surface area contributed by atoms with E-state index in [0.717, 1.165) is 17.1 Å². The van der Waals surface area contributed by atoms with Crippen LogP contribution in [0.5, 0.6) is 0 Å². The van der Waals surface area contributed by atoms with Crippen molar-refractivity contribution in [2.45, 2.75) is 24.7 Å². The molecule has 0 N–H and O–H groups in total. The van der Waals surface area contributed by atoms with E-state index in [0.29, 0.717) is 0 Å². The van der Waals surface area contributed by atoms with Gasteiger partial charge in [-0.15, -0.1) is 0 Å². The van der Waals surface area contributed by atoms with E-state index in [4.69, 9.17) is 0 Å². The van der Waals surface area contributed by atoms with Crippen LogP contribution < -0.4 is 4.90 Å². The van der Waals surface area contributed by atoms with Gasteiger partial charge in [0.25, 0.3) is 0 Å². The highest BCUT2D eigenvalue weighted by Crippen LogP contribution is 2.58. The molecule has 12 rings (SSSR count). The number of benzene rings is 10. The van der Waals surface area contributed by atoms with Crippen molar-refractivity contribution < 1.29 is 0 Å². The standard InChI is InChI=1S/C58H41N/c1-57(2)53-27-15-13-25-48(53)50-33-30-42(37-56(50)57)59(40-29-32-47-45-23-10-9-21-43(45)44-22-11-12-24-46(44)51(47)35-40)41-31-34-55-52(36-41)49-26-14-16-28-54(49)58(55,38-17-5-3-6-18-38)39-19-7-4-8-20-39/h3-37H,1-2H3. The van der Waals surface area contributed by atoms with Gasteiger partial charge in [0.15, 0.2) is 0 Å². The molecule has 0 saturated carbocycles. The van der Waals surface area contributed by atoms with E-state index in [-0.39, 0.29) is 5.41 Å². The van der Waals surface area contributed by atoms with E-state index in [1.165, 1.54) is 88.0 Å². The van der Waals surface area contributed by atoms with E-state index in [9.17, 15) is 0 Å². The van der Waals surface area contributed by atoms with Gasteiger partial charge in [-0.1, -0.05) is 190 Å².